The molecule has 19 heavy (non-hydrogen) atoms. The summed E-state index contributed by atoms with van der Waals surface area (Å²) in [6.07, 6.45) is 2.25. The zero-order chi connectivity index (χ0) is 14.0. The van der Waals surface area contributed by atoms with E-state index in [4.69, 9.17) is 0 Å². The van der Waals surface area contributed by atoms with Gasteiger partial charge in [-0.15, -0.1) is 0 Å². The maximum Gasteiger partial charge on any atom is 0.254 e. The van der Waals surface area contributed by atoms with Gasteiger partial charge in [-0.1, -0.05) is 32.9 Å². The van der Waals surface area contributed by atoms with E-state index in [0.29, 0.717) is 5.41 Å². The van der Waals surface area contributed by atoms with E-state index < -0.39 is 0 Å². The lowest BCUT2D eigenvalue weighted by Crippen LogP contribution is -2.41. The number of benzene rings is 1. The highest BCUT2D eigenvalue weighted by Gasteiger charge is 2.30. The van der Waals surface area contributed by atoms with Gasteiger partial charge in [0.05, 0.1) is 5.56 Å². The summed E-state index contributed by atoms with van der Waals surface area (Å²) >= 11 is 2.24. The van der Waals surface area contributed by atoms with Gasteiger partial charge in [-0.05, 0) is 58.9 Å². The third-order valence-electron chi connectivity index (χ3n) is 4.11. The van der Waals surface area contributed by atoms with Gasteiger partial charge in [-0.2, -0.15) is 0 Å². The van der Waals surface area contributed by atoms with Crippen molar-refractivity contribution in [3.8, 4) is 0 Å². The van der Waals surface area contributed by atoms with Crippen molar-refractivity contribution in [2.24, 2.45) is 11.3 Å². The molecule has 0 aliphatic carbocycles. The molecule has 0 N–H and O–H groups in total. The lowest BCUT2D eigenvalue weighted by atomic mass is 9.75. The van der Waals surface area contributed by atoms with E-state index in [2.05, 4.69) is 43.4 Å². The van der Waals surface area contributed by atoms with Crippen molar-refractivity contribution in [2.75, 3.05) is 13.1 Å². The minimum absolute atomic E-state index is 0.192. The van der Waals surface area contributed by atoms with E-state index in [1.807, 2.05) is 29.2 Å². The highest BCUT2D eigenvalue weighted by Crippen LogP contribution is 2.34. The Morgan fingerprint density at radius 3 is 2.32 bits per heavy atom. The molecule has 0 bridgehead atoms. The van der Waals surface area contributed by atoms with Gasteiger partial charge in [0.1, 0.15) is 0 Å². The SMILES string of the molecule is CC(C)(C)C1CCN(C(=O)c2ccccc2I)CC1. The van der Waals surface area contributed by atoms with E-state index in [9.17, 15) is 4.79 Å². The zero-order valence-corrected chi connectivity index (χ0v) is 14.1. The Hall–Kier alpha value is -0.580. The number of hydrogen-bond donors (Lipinski definition) is 0. The molecule has 1 saturated heterocycles. The topological polar surface area (TPSA) is 20.3 Å². The Morgan fingerprint density at radius 2 is 1.79 bits per heavy atom. The summed E-state index contributed by atoms with van der Waals surface area (Å²) in [4.78, 5) is 14.5. The maximum atomic E-state index is 12.5. The fraction of sp³-hybridized carbons (Fsp3) is 0.562. The molecule has 3 heteroatoms. The van der Waals surface area contributed by atoms with E-state index >= 15 is 0 Å². The first-order chi connectivity index (χ1) is 8.89. The van der Waals surface area contributed by atoms with Crippen molar-refractivity contribution < 1.29 is 4.79 Å². The molecule has 104 valence electrons. The summed E-state index contributed by atoms with van der Waals surface area (Å²) in [7, 11) is 0. The third-order valence-corrected chi connectivity index (χ3v) is 5.05. The number of rotatable bonds is 1. The summed E-state index contributed by atoms with van der Waals surface area (Å²) in [6, 6.07) is 7.84. The smallest absolute Gasteiger partial charge is 0.254 e. The van der Waals surface area contributed by atoms with Crippen LogP contribution in [0.5, 0.6) is 0 Å². The van der Waals surface area contributed by atoms with Crippen LogP contribution in [0, 0.1) is 14.9 Å². The summed E-state index contributed by atoms with van der Waals surface area (Å²) in [5.41, 5.74) is 1.20. The number of carbonyl (C=O) groups excluding carboxylic acids is 1. The summed E-state index contributed by atoms with van der Waals surface area (Å²) in [5, 5.41) is 0. The molecule has 0 radical (unpaired) electrons. The molecule has 1 aromatic carbocycles. The van der Waals surface area contributed by atoms with Gasteiger partial charge in [0, 0.05) is 16.7 Å². The van der Waals surface area contributed by atoms with Crippen molar-refractivity contribution in [3.05, 3.63) is 33.4 Å². The Balaban J connectivity index is 2.03. The molecular weight excluding hydrogens is 349 g/mol. The van der Waals surface area contributed by atoms with Gasteiger partial charge in [0.2, 0.25) is 0 Å². The minimum atomic E-state index is 0.192. The van der Waals surface area contributed by atoms with Gasteiger partial charge < -0.3 is 4.90 Å². The number of amides is 1. The van der Waals surface area contributed by atoms with Crippen molar-refractivity contribution in [2.45, 2.75) is 33.6 Å². The molecule has 1 aromatic rings. The van der Waals surface area contributed by atoms with Crippen LogP contribution in [-0.2, 0) is 0 Å². The predicted molar refractivity (Wildman–Crippen MR) is 87.2 cm³/mol. The van der Waals surface area contributed by atoms with E-state index in [1.54, 1.807) is 0 Å². The number of hydrogen-bond acceptors (Lipinski definition) is 1. The molecule has 1 aliphatic heterocycles. The van der Waals surface area contributed by atoms with Gasteiger partial charge in [0.25, 0.3) is 5.91 Å². The molecule has 1 fully saturated rings. The fourth-order valence-corrected chi connectivity index (χ4v) is 3.37. The van der Waals surface area contributed by atoms with Crippen molar-refractivity contribution in [1.29, 1.82) is 0 Å². The fourth-order valence-electron chi connectivity index (χ4n) is 2.75. The highest BCUT2D eigenvalue weighted by molar-refractivity contribution is 14.1. The molecule has 2 nitrogen and oxygen atoms in total. The summed E-state index contributed by atoms with van der Waals surface area (Å²) in [6.45, 7) is 8.69. The molecule has 1 heterocycles. The van der Waals surface area contributed by atoms with E-state index in [1.165, 1.54) is 0 Å². The van der Waals surface area contributed by atoms with Crippen LogP contribution < -0.4 is 0 Å². The van der Waals surface area contributed by atoms with Crippen LogP contribution in [0.2, 0.25) is 0 Å². The minimum Gasteiger partial charge on any atom is -0.339 e. The molecule has 0 saturated carbocycles. The second-order valence-corrected chi connectivity index (χ2v) is 7.57. The second kappa shape index (κ2) is 5.81. The molecule has 0 aromatic heterocycles. The van der Waals surface area contributed by atoms with Crippen LogP contribution in [0.25, 0.3) is 0 Å². The number of halogens is 1. The molecule has 0 atom stereocenters. The lowest BCUT2D eigenvalue weighted by molar-refractivity contribution is 0.0607. The Kier molecular flexibility index (Phi) is 4.54. The number of carbonyl (C=O) groups is 1. The normalized spacial score (nSPS) is 17.6. The standard InChI is InChI=1S/C16H22INO/c1-16(2,3)12-8-10-18(11-9-12)15(19)13-6-4-5-7-14(13)17/h4-7,12H,8-11H2,1-3H3. The largest absolute Gasteiger partial charge is 0.339 e. The molecule has 2 rings (SSSR count). The van der Waals surface area contributed by atoms with Crippen LogP contribution in [0.1, 0.15) is 44.0 Å². The molecule has 0 spiro atoms. The van der Waals surface area contributed by atoms with Gasteiger partial charge in [-0.25, -0.2) is 0 Å². The lowest BCUT2D eigenvalue weighted by Gasteiger charge is -2.38. The van der Waals surface area contributed by atoms with E-state index in [0.717, 1.165) is 41.0 Å². The van der Waals surface area contributed by atoms with Crippen molar-refractivity contribution in [3.63, 3.8) is 0 Å². The predicted octanol–water partition coefficient (Wildman–Crippen LogP) is 4.19. The summed E-state index contributed by atoms with van der Waals surface area (Å²) in [5.74, 6) is 0.920. The highest BCUT2D eigenvalue weighted by atomic mass is 127. The Morgan fingerprint density at radius 1 is 1.21 bits per heavy atom. The average molecular weight is 371 g/mol. The number of nitrogens with zero attached hydrogens (tertiary/aromatic N) is 1. The second-order valence-electron chi connectivity index (χ2n) is 6.41. The molecule has 0 unspecified atom stereocenters. The van der Waals surface area contributed by atoms with Gasteiger partial charge in [0.15, 0.2) is 0 Å². The summed E-state index contributed by atoms with van der Waals surface area (Å²) < 4.78 is 1.04. The molecular formula is C16H22INO. The quantitative estimate of drug-likeness (QED) is 0.678. The van der Waals surface area contributed by atoms with Crippen molar-refractivity contribution in [1.82, 2.24) is 4.90 Å². The Bertz CT molecular complexity index is 456. The molecule has 1 amide bonds. The van der Waals surface area contributed by atoms with E-state index in [-0.39, 0.29) is 5.91 Å². The van der Waals surface area contributed by atoms with Crippen LogP contribution in [-0.4, -0.2) is 23.9 Å². The average Bonchev–Trinajstić information content (AvgIpc) is 2.38. The van der Waals surface area contributed by atoms with Crippen LogP contribution in [0.3, 0.4) is 0 Å². The monoisotopic (exact) mass is 371 g/mol. The zero-order valence-electron chi connectivity index (χ0n) is 11.9. The molecule has 1 aliphatic rings. The number of piperidine rings is 1. The van der Waals surface area contributed by atoms with Crippen LogP contribution in [0.15, 0.2) is 24.3 Å². The first-order valence-corrected chi connectivity index (χ1v) is 8.01. The van der Waals surface area contributed by atoms with Crippen LogP contribution in [0.4, 0.5) is 0 Å². The third kappa shape index (κ3) is 3.50. The first kappa shape index (κ1) is 14.8. The Labute approximate surface area is 129 Å². The number of likely N-dealkylation sites (tertiary alicyclic amines) is 1. The van der Waals surface area contributed by atoms with Crippen molar-refractivity contribution >= 4 is 28.5 Å². The van der Waals surface area contributed by atoms with Gasteiger partial charge >= 0.3 is 0 Å². The van der Waals surface area contributed by atoms with Gasteiger partial charge in [-0.3, -0.25) is 4.79 Å². The van der Waals surface area contributed by atoms with Crippen LogP contribution >= 0.6 is 22.6 Å². The maximum absolute atomic E-state index is 12.5. The first-order valence-electron chi connectivity index (χ1n) is 6.93.